The molecule has 1 aliphatic heterocycles. The van der Waals surface area contributed by atoms with Crippen molar-refractivity contribution in [3.8, 4) is 11.1 Å². The molecule has 1 unspecified atom stereocenters. The van der Waals surface area contributed by atoms with Gasteiger partial charge in [-0.2, -0.15) is 0 Å². The Balaban J connectivity index is 1.42. The maximum Gasteiger partial charge on any atom is 0.407 e. The van der Waals surface area contributed by atoms with E-state index in [1.165, 1.54) is 7.11 Å². The molecule has 1 saturated heterocycles. The number of carboxylic acid groups (broad SMARTS) is 1. The molecule has 2 aromatic rings. The van der Waals surface area contributed by atoms with Crippen molar-refractivity contribution in [3.63, 3.8) is 0 Å². The molecule has 1 atom stereocenters. The molecule has 3 N–H and O–H groups in total. The first kappa shape index (κ1) is 24.7. The number of alkyl carbamates (subject to hydrolysis) is 1. The molecule has 2 aromatic carbocycles. The van der Waals surface area contributed by atoms with Gasteiger partial charge in [-0.25, -0.2) is 9.59 Å². The van der Waals surface area contributed by atoms with Gasteiger partial charge in [-0.15, -0.1) is 0 Å². The first-order chi connectivity index (χ1) is 16.9. The molecule has 0 aromatic heterocycles. The van der Waals surface area contributed by atoms with Crippen LogP contribution in [0.1, 0.15) is 36.3 Å². The van der Waals surface area contributed by atoms with Crippen molar-refractivity contribution in [2.24, 2.45) is 0 Å². The van der Waals surface area contributed by atoms with Gasteiger partial charge in [0.1, 0.15) is 18.2 Å². The average molecular weight is 483 g/mol. The number of hydrogen-bond donors (Lipinski definition) is 3. The first-order valence-electron chi connectivity index (χ1n) is 11.7. The van der Waals surface area contributed by atoms with Gasteiger partial charge < -0.3 is 30.0 Å². The van der Waals surface area contributed by atoms with Gasteiger partial charge in [0, 0.05) is 52.1 Å². The van der Waals surface area contributed by atoms with Crippen LogP contribution in [0.5, 0.6) is 0 Å². The van der Waals surface area contributed by atoms with Crippen LogP contribution in [0, 0.1) is 0 Å². The predicted molar refractivity (Wildman–Crippen MR) is 127 cm³/mol. The molecule has 0 spiro atoms. The van der Waals surface area contributed by atoms with E-state index in [4.69, 9.17) is 14.2 Å². The van der Waals surface area contributed by atoms with Crippen LogP contribution in [0.3, 0.4) is 0 Å². The number of carbonyl (C=O) groups excluding carboxylic acids is 2. The van der Waals surface area contributed by atoms with Gasteiger partial charge in [0.2, 0.25) is 5.91 Å². The van der Waals surface area contributed by atoms with Crippen LogP contribution in [-0.2, 0) is 23.8 Å². The fourth-order valence-electron chi connectivity index (χ4n) is 4.72. The molecule has 186 valence electrons. The molecule has 2 aliphatic rings. The van der Waals surface area contributed by atoms with Crippen LogP contribution in [0.4, 0.5) is 4.79 Å². The highest BCUT2D eigenvalue weighted by Gasteiger charge is 2.43. The highest BCUT2D eigenvalue weighted by Crippen LogP contribution is 2.44. The molecule has 4 rings (SSSR count). The fourth-order valence-corrected chi connectivity index (χ4v) is 4.72. The van der Waals surface area contributed by atoms with Crippen molar-refractivity contribution in [2.75, 3.05) is 33.5 Å². The van der Waals surface area contributed by atoms with E-state index in [9.17, 15) is 19.5 Å². The van der Waals surface area contributed by atoms with Crippen LogP contribution in [-0.4, -0.2) is 68.2 Å². The van der Waals surface area contributed by atoms with E-state index in [1.54, 1.807) is 0 Å². The molecule has 2 amide bonds. The summed E-state index contributed by atoms with van der Waals surface area (Å²) in [5.41, 5.74) is 2.97. The Morgan fingerprint density at radius 1 is 1.06 bits per heavy atom. The fraction of sp³-hybridized carbons (Fsp3) is 0.423. The van der Waals surface area contributed by atoms with Crippen LogP contribution in [0.2, 0.25) is 0 Å². The summed E-state index contributed by atoms with van der Waals surface area (Å²) in [5, 5.41) is 15.0. The first-order valence-corrected chi connectivity index (χ1v) is 11.7. The standard InChI is InChI=1S/C26H30N2O7/c1-33-13-10-22(23(29)28-26(24(30)31)11-14-34-15-12-26)27-25(32)35-16-21-19-8-4-2-6-17(19)18-7-3-5-9-20(18)21/h2-9,21-22H,10-16H2,1H3,(H,27,32)(H,28,29)(H,30,31). The zero-order valence-corrected chi connectivity index (χ0v) is 19.6. The topological polar surface area (TPSA) is 123 Å². The molecule has 9 heteroatoms. The van der Waals surface area contributed by atoms with Gasteiger partial charge in [-0.3, -0.25) is 4.79 Å². The molecule has 1 heterocycles. The average Bonchev–Trinajstić information content (AvgIpc) is 3.19. The zero-order valence-electron chi connectivity index (χ0n) is 19.6. The smallest absolute Gasteiger partial charge is 0.407 e. The number of ether oxygens (including phenoxy) is 3. The summed E-state index contributed by atoms with van der Waals surface area (Å²) in [6, 6.07) is 15.0. The largest absolute Gasteiger partial charge is 0.480 e. The summed E-state index contributed by atoms with van der Waals surface area (Å²) < 4.78 is 15.9. The van der Waals surface area contributed by atoms with Gasteiger partial charge >= 0.3 is 12.1 Å². The monoisotopic (exact) mass is 482 g/mol. The van der Waals surface area contributed by atoms with Crippen molar-refractivity contribution in [1.82, 2.24) is 10.6 Å². The SMILES string of the molecule is COCCC(NC(=O)OCC1c2ccccc2-c2ccccc21)C(=O)NC1(C(=O)O)CCOCC1. The number of benzene rings is 2. The lowest BCUT2D eigenvalue weighted by Crippen LogP contribution is -2.61. The predicted octanol–water partition coefficient (Wildman–Crippen LogP) is 2.68. The van der Waals surface area contributed by atoms with Gasteiger partial charge in [0.15, 0.2) is 0 Å². The summed E-state index contributed by atoms with van der Waals surface area (Å²) in [7, 11) is 1.49. The molecule has 0 saturated carbocycles. The summed E-state index contributed by atoms with van der Waals surface area (Å²) in [6.45, 7) is 0.768. The van der Waals surface area contributed by atoms with Crippen molar-refractivity contribution in [1.29, 1.82) is 0 Å². The lowest BCUT2D eigenvalue weighted by Gasteiger charge is -2.35. The van der Waals surface area contributed by atoms with E-state index in [-0.39, 0.29) is 51.6 Å². The Morgan fingerprint density at radius 2 is 1.66 bits per heavy atom. The van der Waals surface area contributed by atoms with E-state index in [0.29, 0.717) is 0 Å². The molecular weight excluding hydrogens is 452 g/mol. The minimum atomic E-state index is -1.43. The molecule has 35 heavy (non-hydrogen) atoms. The summed E-state index contributed by atoms with van der Waals surface area (Å²) in [6.07, 6.45) is -0.287. The summed E-state index contributed by atoms with van der Waals surface area (Å²) in [5.74, 6) is -1.84. The number of aliphatic carboxylic acids is 1. The van der Waals surface area contributed by atoms with Crippen LogP contribution in [0.15, 0.2) is 48.5 Å². The third kappa shape index (κ3) is 5.31. The van der Waals surface area contributed by atoms with Crippen molar-refractivity contribution in [2.45, 2.75) is 36.8 Å². The highest BCUT2D eigenvalue weighted by atomic mass is 16.5. The van der Waals surface area contributed by atoms with E-state index >= 15 is 0 Å². The van der Waals surface area contributed by atoms with E-state index in [2.05, 4.69) is 10.6 Å². The number of carbonyl (C=O) groups is 3. The van der Waals surface area contributed by atoms with Gasteiger partial charge in [0.25, 0.3) is 0 Å². The Labute approximate surface area is 203 Å². The Bertz CT molecular complexity index is 1040. The minimum absolute atomic E-state index is 0.106. The molecule has 0 radical (unpaired) electrons. The van der Waals surface area contributed by atoms with Crippen LogP contribution >= 0.6 is 0 Å². The van der Waals surface area contributed by atoms with Gasteiger partial charge in [-0.05, 0) is 22.3 Å². The summed E-state index contributed by atoms with van der Waals surface area (Å²) >= 11 is 0. The number of methoxy groups -OCH3 is 1. The van der Waals surface area contributed by atoms with Crippen LogP contribution in [0.25, 0.3) is 11.1 Å². The molecule has 9 nitrogen and oxygen atoms in total. The van der Waals surface area contributed by atoms with Gasteiger partial charge in [0.05, 0.1) is 0 Å². The molecular formula is C26H30N2O7. The van der Waals surface area contributed by atoms with Crippen LogP contribution < -0.4 is 10.6 Å². The number of amides is 2. The third-order valence-corrected chi connectivity index (χ3v) is 6.68. The highest BCUT2D eigenvalue weighted by molar-refractivity contribution is 5.91. The molecule has 1 aliphatic carbocycles. The normalized spacial score (nSPS) is 17.1. The number of fused-ring (bicyclic) bond motifs is 3. The lowest BCUT2D eigenvalue weighted by atomic mass is 9.89. The van der Waals surface area contributed by atoms with E-state index in [1.807, 2.05) is 48.5 Å². The lowest BCUT2D eigenvalue weighted by molar-refractivity contribution is -0.152. The number of hydrogen-bond acceptors (Lipinski definition) is 6. The van der Waals surface area contributed by atoms with E-state index in [0.717, 1.165) is 22.3 Å². The van der Waals surface area contributed by atoms with Gasteiger partial charge in [-0.1, -0.05) is 48.5 Å². The molecule has 1 fully saturated rings. The maximum absolute atomic E-state index is 13.0. The third-order valence-electron chi connectivity index (χ3n) is 6.68. The van der Waals surface area contributed by atoms with Crippen molar-refractivity contribution in [3.05, 3.63) is 59.7 Å². The Hall–Kier alpha value is -3.43. The summed E-state index contributed by atoms with van der Waals surface area (Å²) in [4.78, 5) is 37.6. The second-order valence-electron chi connectivity index (χ2n) is 8.79. The maximum atomic E-state index is 13.0. The molecule has 0 bridgehead atoms. The van der Waals surface area contributed by atoms with Crippen molar-refractivity contribution < 1.29 is 33.7 Å². The Kier molecular flexibility index (Phi) is 7.67. The quantitative estimate of drug-likeness (QED) is 0.502. The van der Waals surface area contributed by atoms with Crippen molar-refractivity contribution >= 4 is 18.0 Å². The minimum Gasteiger partial charge on any atom is -0.480 e. The van der Waals surface area contributed by atoms with E-state index < -0.39 is 29.6 Å². The zero-order chi connectivity index (χ0) is 24.8. The Morgan fingerprint density at radius 3 is 2.23 bits per heavy atom. The second-order valence-corrected chi connectivity index (χ2v) is 8.79. The number of nitrogens with one attached hydrogen (secondary N) is 2. The number of rotatable bonds is 9. The number of carboxylic acids is 1. The second kappa shape index (κ2) is 10.9.